The number of halogens is 2. The summed E-state index contributed by atoms with van der Waals surface area (Å²) in [6, 6.07) is 4.49. The van der Waals surface area contributed by atoms with E-state index in [2.05, 4.69) is 28.2 Å². The van der Waals surface area contributed by atoms with Crippen LogP contribution in [0, 0.1) is 11.7 Å². The van der Waals surface area contributed by atoms with E-state index in [1.165, 1.54) is 12.1 Å². The lowest BCUT2D eigenvalue weighted by atomic mass is 9.87. The number of rotatable bonds is 5. The second-order valence-corrected chi connectivity index (χ2v) is 8.30. The average molecular weight is 390 g/mol. The Labute approximate surface area is 141 Å². The molecule has 122 valence electrons. The second kappa shape index (κ2) is 8.20. The third-order valence-corrected chi connectivity index (χ3v) is 5.96. The monoisotopic (exact) mass is 389 g/mol. The summed E-state index contributed by atoms with van der Waals surface area (Å²) in [6.45, 7) is 2.23. The summed E-state index contributed by atoms with van der Waals surface area (Å²) in [5.74, 6) is 0.478. The molecule has 1 saturated carbocycles. The van der Waals surface area contributed by atoms with Crippen LogP contribution in [0.25, 0.3) is 0 Å². The van der Waals surface area contributed by atoms with Gasteiger partial charge >= 0.3 is 0 Å². The van der Waals surface area contributed by atoms with Crippen molar-refractivity contribution < 1.29 is 13.4 Å². The van der Waals surface area contributed by atoms with Gasteiger partial charge in [0.05, 0.1) is 5.75 Å². The zero-order chi connectivity index (χ0) is 16.1. The van der Waals surface area contributed by atoms with Crippen molar-refractivity contribution in [3.8, 4) is 0 Å². The van der Waals surface area contributed by atoms with E-state index in [0.29, 0.717) is 4.47 Å². The summed E-state index contributed by atoms with van der Waals surface area (Å²) in [5, 5.41) is 2.98. The molecule has 1 unspecified atom stereocenters. The molecule has 1 aliphatic rings. The number of hydrogen-bond donors (Lipinski definition) is 1. The number of benzene rings is 1. The van der Waals surface area contributed by atoms with E-state index in [-0.39, 0.29) is 29.3 Å². The summed E-state index contributed by atoms with van der Waals surface area (Å²) in [7, 11) is -1.29. The molecule has 0 aromatic heterocycles. The van der Waals surface area contributed by atoms with Crippen molar-refractivity contribution in [1.82, 2.24) is 5.32 Å². The van der Waals surface area contributed by atoms with Crippen molar-refractivity contribution in [2.24, 2.45) is 5.92 Å². The topological polar surface area (TPSA) is 46.2 Å². The van der Waals surface area contributed by atoms with Gasteiger partial charge in [-0.25, -0.2) is 4.39 Å². The Balaban J connectivity index is 1.80. The Hall–Kier alpha value is -0.750. The maximum atomic E-state index is 13.0. The quantitative estimate of drug-likeness (QED) is 0.836. The Morgan fingerprint density at radius 3 is 2.68 bits per heavy atom. The highest BCUT2D eigenvalue weighted by atomic mass is 79.9. The number of hydrogen-bond acceptors (Lipinski definition) is 2. The van der Waals surface area contributed by atoms with E-state index in [1.54, 1.807) is 6.07 Å². The molecule has 0 spiro atoms. The molecule has 1 aromatic carbocycles. The summed E-state index contributed by atoms with van der Waals surface area (Å²) in [4.78, 5) is 12.0. The van der Waals surface area contributed by atoms with Crippen LogP contribution in [0.5, 0.6) is 0 Å². The van der Waals surface area contributed by atoms with E-state index < -0.39 is 10.8 Å². The minimum absolute atomic E-state index is 0.00410. The first-order valence-electron chi connectivity index (χ1n) is 7.52. The van der Waals surface area contributed by atoms with Gasteiger partial charge in [0.1, 0.15) is 11.6 Å². The van der Waals surface area contributed by atoms with Crippen LogP contribution < -0.4 is 5.32 Å². The van der Waals surface area contributed by atoms with Crippen molar-refractivity contribution >= 4 is 32.6 Å². The first-order chi connectivity index (χ1) is 10.4. The van der Waals surface area contributed by atoms with E-state index in [9.17, 15) is 13.4 Å². The number of amides is 1. The van der Waals surface area contributed by atoms with Gasteiger partial charge in [0.2, 0.25) is 5.91 Å². The normalized spacial score (nSPS) is 23.0. The van der Waals surface area contributed by atoms with E-state index in [4.69, 9.17) is 0 Å². The maximum absolute atomic E-state index is 13.0. The molecule has 1 aromatic rings. The lowest BCUT2D eigenvalue weighted by molar-refractivity contribution is -0.119. The standard InChI is InChI=1S/C16H21BrFNO2S/c1-11-2-6-14(7-3-11)19-16(20)10-22(21)9-12-4-5-13(18)8-15(12)17/h4-5,8,11,14H,2-3,6-7,9-10H2,1H3,(H,19,20). The van der Waals surface area contributed by atoms with Crippen molar-refractivity contribution in [2.75, 3.05) is 5.75 Å². The molecule has 1 atom stereocenters. The molecule has 2 rings (SSSR count). The first-order valence-corrected chi connectivity index (χ1v) is 9.80. The number of nitrogens with one attached hydrogen (secondary N) is 1. The Morgan fingerprint density at radius 1 is 1.36 bits per heavy atom. The molecule has 1 amide bonds. The van der Waals surface area contributed by atoms with Gasteiger partial charge in [0.25, 0.3) is 0 Å². The summed E-state index contributed by atoms with van der Waals surface area (Å²) in [5.41, 5.74) is 0.749. The molecule has 1 aliphatic carbocycles. The molecular weight excluding hydrogens is 369 g/mol. The third-order valence-electron chi connectivity index (χ3n) is 4.00. The third kappa shape index (κ3) is 5.47. The van der Waals surface area contributed by atoms with Crippen LogP contribution in [0.4, 0.5) is 4.39 Å². The zero-order valence-electron chi connectivity index (χ0n) is 12.6. The number of carbonyl (C=O) groups excluding carboxylic acids is 1. The summed E-state index contributed by atoms with van der Waals surface area (Å²) < 4.78 is 25.7. The molecule has 6 heteroatoms. The predicted octanol–water partition coefficient (Wildman–Crippen LogP) is 3.53. The predicted molar refractivity (Wildman–Crippen MR) is 90.4 cm³/mol. The largest absolute Gasteiger partial charge is 0.353 e. The number of carbonyl (C=O) groups is 1. The van der Waals surface area contributed by atoms with Gasteiger partial charge < -0.3 is 5.32 Å². The van der Waals surface area contributed by atoms with Crippen molar-refractivity contribution in [3.63, 3.8) is 0 Å². The molecule has 3 nitrogen and oxygen atoms in total. The van der Waals surface area contributed by atoms with Crippen LogP contribution in [0.2, 0.25) is 0 Å². The van der Waals surface area contributed by atoms with Gasteiger partial charge in [0.15, 0.2) is 0 Å². The van der Waals surface area contributed by atoms with Crippen molar-refractivity contribution in [2.45, 2.75) is 44.4 Å². The van der Waals surface area contributed by atoms with Crippen LogP contribution in [-0.4, -0.2) is 21.9 Å². The highest BCUT2D eigenvalue weighted by Gasteiger charge is 2.20. The minimum Gasteiger partial charge on any atom is -0.353 e. The molecule has 0 saturated heterocycles. The molecular formula is C16H21BrFNO2S. The SMILES string of the molecule is CC1CCC(NC(=O)CS(=O)Cc2ccc(F)cc2Br)CC1. The maximum Gasteiger partial charge on any atom is 0.232 e. The van der Waals surface area contributed by atoms with E-state index in [1.807, 2.05) is 0 Å². The van der Waals surface area contributed by atoms with Crippen LogP contribution in [0.15, 0.2) is 22.7 Å². The van der Waals surface area contributed by atoms with Gasteiger partial charge in [-0.1, -0.05) is 28.9 Å². The van der Waals surface area contributed by atoms with Crippen LogP contribution in [0.3, 0.4) is 0 Å². The fourth-order valence-electron chi connectivity index (χ4n) is 2.68. The lowest BCUT2D eigenvalue weighted by Gasteiger charge is -2.26. The molecule has 22 heavy (non-hydrogen) atoms. The van der Waals surface area contributed by atoms with Crippen LogP contribution in [-0.2, 0) is 21.3 Å². The highest BCUT2D eigenvalue weighted by molar-refractivity contribution is 9.10. The fraction of sp³-hybridized carbons (Fsp3) is 0.562. The average Bonchev–Trinajstić information content (AvgIpc) is 2.44. The van der Waals surface area contributed by atoms with Crippen LogP contribution >= 0.6 is 15.9 Å². The first kappa shape index (κ1) is 17.6. The van der Waals surface area contributed by atoms with Gasteiger partial charge in [-0.15, -0.1) is 0 Å². The minimum atomic E-state index is -1.29. The van der Waals surface area contributed by atoms with E-state index in [0.717, 1.165) is 37.2 Å². The van der Waals surface area contributed by atoms with Gasteiger partial charge in [0, 0.05) is 21.3 Å². The molecule has 1 N–H and O–H groups in total. The molecule has 0 bridgehead atoms. The molecule has 0 radical (unpaired) electrons. The summed E-state index contributed by atoms with van der Waals surface area (Å²) >= 11 is 3.25. The fourth-order valence-corrected chi connectivity index (χ4v) is 4.44. The smallest absolute Gasteiger partial charge is 0.232 e. The van der Waals surface area contributed by atoms with Gasteiger partial charge in [-0.05, 0) is 49.3 Å². The molecule has 0 aliphatic heterocycles. The van der Waals surface area contributed by atoms with Crippen molar-refractivity contribution in [1.29, 1.82) is 0 Å². The summed E-state index contributed by atoms with van der Waals surface area (Å²) in [6.07, 6.45) is 4.28. The Bertz CT molecular complexity index is 559. The van der Waals surface area contributed by atoms with Gasteiger partial charge in [-0.3, -0.25) is 9.00 Å². The Kier molecular flexibility index (Phi) is 6.56. The molecule has 1 fully saturated rings. The lowest BCUT2D eigenvalue weighted by Crippen LogP contribution is -2.39. The zero-order valence-corrected chi connectivity index (χ0v) is 15.0. The highest BCUT2D eigenvalue weighted by Crippen LogP contribution is 2.23. The van der Waals surface area contributed by atoms with Crippen molar-refractivity contribution in [3.05, 3.63) is 34.1 Å². The Morgan fingerprint density at radius 2 is 2.05 bits per heavy atom. The second-order valence-electron chi connectivity index (χ2n) is 5.99. The van der Waals surface area contributed by atoms with Gasteiger partial charge in [-0.2, -0.15) is 0 Å². The molecule has 0 heterocycles. The van der Waals surface area contributed by atoms with E-state index >= 15 is 0 Å². The van der Waals surface area contributed by atoms with Crippen LogP contribution in [0.1, 0.15) is 38.2 Å².